The summed E-state index contributed by atoms with van der Waals surface area (Å²) in [5, 5.41) is 9.06. The average molecular weight is 104 g/mol. The number of rotatable bonds is 2. The Hall–Kier alpha value is -0.610. The summed E-state index contributed by atoms with van der Waals surface area (Å²) < 4.78 is 0. The van der Waals surface area contributed by atoms with Crippen LogP contribution >= 0.6 is 0 Å². The van der Waals surface area contributed by atoms with E-state index in [9.17, 15) is 4.79 Å². The van der Waals surface area contributed by atoms with Gasteiger partial charge in [0.05, 0.1) is 0 Å². The molecule has 0 bridgehead atoms. The van der Waals surface area contributed by atoms with E-state index in [1.807, 2.05) is 0 Å². The Morgan fingerprint density at radius 2 is 2.43 bits per heavy atom. The number of carbonyl (C=O) groups is 1. The lowest BCUT2D eigenvalue weighted by atomic mass is 10.7. The van der Waals surface area contributed by atoms with Crippen LogP contribution in [0.4, 0.5) is 0 Å². The van der Waals surface area contributed by atoms with Crippen molar-refractivity contribution in [2.45, 2.75) is 13.2 Å². The predicted octanol–water partition coefficient (Wildman–Crippen LogP) is -1.34. The fourth-order valence-corrected chi connectivity index (χ4v) is 0.0881. The van der Waals surface area contributed by atoms with Crippen molar-refractivity contribution >= 4 is 6.41 Å². The van der Waals surface area contributed by atoms with Crippen LogP contribution in [0.25, 0.3) is 0 Å². The molecule has 1 atom stereocenters. The van der Waals surface area contributed by atoms with E-state index >= 15 is 0 Å². The molecule has 42 valence electrons. The first-order chi connectivity index (χ1) is 3.18. The number of hydrogen-bond acceptors (Lipinski definition) is 3. The molecule has 0 heterocycles. The number of nitrogens with two attached hydrogens (primary N) is 1. The lowest BCUT2D eigenvalue weighted by Gasteiger charge is -2.11. The van der Waals surface area contributed by atoms with Gasteiger partial charge in [0.2, 0.25) is 6.41 Å². The van der Waals surface area contributed by atoms with Crippen molar-refractivity contribution in [2.24, 2.45) is 5.84 Å². The molecule has 0 aliphatic rings. The van der Waals surface area contributed by atoms with E-state index in [4.69, 9.17) is 10.9 Å². The maximum absolute atomic E-state index is 9.59. The molecular weight excluding hydrogens is 96.0 g/mol. The summed E-state index contributed by atoms with van der Waals surface area (Å²) in [5.41, 5.74) is 0. The first kappa shape index (κ1) is 6.39. The minimum atomic E-state index is -0.891. The van der Waals surface area contributed by atoms with Crippen molar-refractivity contribution < 1.29 is 9.90 Å². The first-order valence-electron chi connectivity index (χ1n) is 1.85. The Balaban J connectivity index is 3.33. The summed E-state index contributed by atoms with van der Waals surface area (Å²) >= 11 is 0. The number of nitrogens with zero attached hydrogens (tertiary/aromatic N) is 1. The first-order valence-corrected chi connectivity index (χ1v) is 1.85. The van der Waals surface area contributed by atoms with Crippen molar-refractivity contribution in [3.8, 4) is 0 Å². The Morgan fingerprint density at radius 1 is 2.00 bits per heavy atom. The average Bonchev–Trinajstić information content (AvgIpc) is 1.65. The van der Waals surface area contributed by atoms with Crippen molar-refractivity contribution in [1.82, 2.24) is 5.01 Å². The SMILES string of the molecule is CC(O)N(N)C=O. The van der Waals surface area contributed by atoms with Gasteiger partial charge in [-0.15, -0.1) is 0 Å². The molecule has 0 aliphatic heterocycles. The summed E-state index contributed by atoms with van der Waals surface area (Å²) in [4.78, 5) is 9.59. The molecule has 0 radical (unpaired) electrons. The standard InChI is InChI=1S/C3H8N2O2/c1-3(7)5(4)2-6/h2-3,7H,4H2,1H3. The van der Waals surface area contributed by atoms with Gasteiger partial charge < -0.3 is 5.11 Å². The van der Waals surface area contributed by atoms with Gasteiger partial charge >= 0.3 is 0 Å². The maximum atomic E-state index is 9.59. The molecule has 4 nitrogen and oxygen atoms in total. The highest BCUT2D eigenvalue weighted by Crippen LogP contribution is 1.77. The van der Waals surface area contributed by atoms with Crippen LogP contribution in [0.2, 0.25) is 0 Å². The van der Waals surface area contributed by atoms with Crippen LogP contribution in [-0.4, -0.2) is 22.8 Å². The van der Waals surface area contributed by atoms with Gasteiger partial charge in [0, 0.05) is 0 Å². The molecule has 0 spiro atoms. The number of carbonyl (C=O) groups excluding carboxylic acids is 1. The van der Waals surface area contributed by atoms with Crippen molar-refractivity contribution in [1.29, 1.82) is 0 Å². The minimum absolute atomic E-state index is 0.352. The van der Waals surface area contributed by atoms with Crippen molar-refractivity contribution in [3.05, 3.63) is 0 Å². The second-order valence-electron chi connectivity index (χ2n) is 1.18. The Morgan fingerprint density at radius 3 is 2.43 bits per heavy atom. The van der Waals surface area contributed by atoms with E-state index in [0.717, 1.165) is 0 Å². The number of hydrazine groups is 1. The molecule has 0 aliphatic carbocycles. The molecule has 1 unspecified atom stereocenters. The molecule has 3 N–H and O–H groups in total. The Kier molecular flexibility index (Phi) is 2.32. The quantitative estimate of drug-likeness (QED) is 0.150. The van der Waals surface area contributed by atoms with Crippen LogP contribution in [0.5, 0.6) is 0 Å². The second kappa shape index (κ2) is 2.54. The summed E-state index contributed by atoms with van der Waals surface area (Å²) in [6, 6.07) is 0. The van der Waals surface area contributed by atoms with Crippen LogP contribution in [0.3, 0.4) is 0 Å². The second-order valence-corrected chi connectivity index (χ2v) is 1.18. The fraction of sp³-hybridized carbons (Fsp3) is 0.667. The zero-order valence-electron chi connectivity index (χ0n) is 4.03. The molecule has 4 heteroatoms. The van der Waals surface area contributed by atoms with Crippen LogP contribution < -0.4 is 5.84 Å². The Bertz CT molecular complexity index is 64.0. The Labute approximate surface area is 41.5 Å². The summed E-state index contributed by atoms with van der Waals surface area (Å²) in [6.45, 7) is 1.40. The maximum Gasteiger partial charge on any atom is 0.225 e. The highest BCUT2D eigenvalue weighted by atomic mass is 16.3. The molecular formula is C3H8N2O2. The molecule has 0 rings (SSSR count). The summed E-state index contributed by atoms with van der Waals surface area (Å²) in [7, 11) is 0. The van der Waals surface area contributed by atoms with Gasteiger partial charge in [0.15, 0.2) is 0 Å². The van der Waals surface area contributed by atoms with Crippen LogP contribution in [0.1, 0.15) is 6.92 Å². The van der Waals surface area contributed by atoms with E-state index in [1.54, 1.807) is 0 Å². The molecule has 7 heavy (non-hydrogen) atoms. The molecule has 1 amide bonds. The van der Waals surface area contributed by atoms with Crippen molar-refractivity contribution in [2.75, 3.05) is 0 Å². The monoisotopic (exact) mass is 104 g/mol. The van der Waals surface area contributed by atoms with E-state index in [-0.39, 0.29) is 0 Å². The van der Waals surface area contributed by atoms with Crippen LogP contribution in [-0.2, 0) is 4.79 Å². The summed E-state index contributed by atoms with van der Waals surface area (Å²) in [5.74, 6) is 4.83. The molecule has 0 aromatic carbocycles. The van der Waals surface area contributed by atoms with Gasteiger partial charge in [-0.3, -0.25) is 9.80 Å². The third-order valence-electron chi connectivity index (χ3n) is 0.553. The van der Waals surface area contributed by atoms with Crippen LogP contribution in [0.15, 0.2) is 0 Å². The van der Waals surface area contributed by atoms with Gasteiger partial charge in [0.25, 0.3) is 0 Å². The van der Waals surface area contributed by atoms with Gasteiger partial charge in [0.1, 0.15) is 6.23 Å². The van der Waals surface area contributed by atoms with E-state index in [1.165, 1.54) is 6.92 Å². The predicted molar refractivity (Wildman–Crippen MR) is 23.8 cm³/mol. The fourth-order valence-electron chi connectivity index (χ4n) is 0.0881. The van der Waals surface area contributed by atoms with Gasteiger partial charge in [-0.05, 0) is 6.92 Å². The third-order valence-corrected chi connectivity index (χ3v) is 0.553. The molecule has 0 saturated heterocycles. The zero-order chi connectivity index (χ0) is 5.86. The largest absolute Gasteiger partial charge is 0.372 e. The number of amides is 1. The summed E-state index contributed by atoms with van der Waals surface area (Å²) in [6.07, 6.45) is -0.539. The number of aliphatic hydroxyl groups is 1. The minimum Gasteiger partial charge on any atom is -0.372 e. The van der Waals surface area contributed by atoms with Crippen molar-refractivity contribution in [3.63, 3.8) is 0 Å². The highest BCUT2D eigenvalue weighted by Gasteiger charge is 1.97. The molecule has 0 saturated carbocycles. The smallest absolute Gasteiger partial charge is 0.225 e. The normalized spacial score (nSPS) is 13.0. The van der Waals surface area contributed by atoms with E-state index in [2.05, 4.69) is 0 Å². The van der Waals surface area contributed by atoms with E-state index in [0.29, 0.717) is 11.4 Å². The molecule has 0 aromatic rings. The van der Waals surface area contributed by atoms with Gasteiger partial charge in [-0.2, -0.15) is 0 Å². The highest BCUT2D eigenvalue weighted by molar-refractivity contribution is 5.45. The van der Waals surface area contributed by atoms with Gasteiger partial charge in [-0.25, -0.2) is 5.84 Å². The van der Waals surface area contributed by atoms with E-state index < -0.39 is 6.23 Å². The molecule has 0 fully saturated rings. The number of aliphatic hydroxyl groups excluding tert-OH is 1. The lowest BCUT2D eigenvalue weighted by Crippen LogP contribution is -2.37. The van der Waals surface area contributed by atoms with Crippen LogP contribution in [0, 0.1) is 0 Å². The number of hydrogen-bond donors (Lipinski definition) is 2. The third kappa shape index (κ3) is 2.13. The molecule has 0 aromatic heterocycles. The lowest BCUT2D eigenvalue weighted by molar-refractivity contribution is -0.126. The van der Waals surface area contributed by atoms with Gasteiger partial charge in [-0.1, -0.05) is 0 Å². The zero-order valence-corrected chi connectivity index (χ0v) is 4.03. The topological polar surface area (TPSA) is 66.6 Å².